The molecule has 0 saturated carbocycles. The van der Waals surface area contributed by atoms with Crippen molar-refractivity contribution >= 4 is 33.1 Å². The lowest BCUT2D eigenvalue weighted by Crippen LogP contribution is -2.10. The maximum absolute atomic E-state index is 4.55. The van der Waals surface area contributed by atoms with E-state index in [2.05, 4.69) is 63.6 Å². The van der Waals surface area contributed by atoms with E-state index in [4.69, 9.17) is 0 Å². The molecular weight excluding hydrogens is 380 g/mol. The van der Waals surface area contributed by atoms with Gasteiger partial charge in [-0.2, -0.15) is 5.10 Å². The Balaban J connectivity index is 1.41. The first-order chi connectivity index (χ1) is 14.2. The Kier molecular flexibility index (Phi) is 4.77. The molecule has 5 rings (SSSR count). The average molecular weight is 405 g/mol. The molecule has 4 aromatic rings. The number of hydrogen-bond donors (Lipinski definition) is 1. The van der Waals surface area contributed by atoms with Crippen molar-refractivity contribution < 1.29 is 0 Å². The number of anilines is 2. The summed E-state index contributed by atoms with van der Waals surface area (Å²) >= 11 is 1.82. The van der Waals surface area contributed by atoms with Gasteiger partial charge >= 0.3 is 0 Å². The van der Waals surface area contributed by atoms with E-state index in [9.17, 15) is 0 Å². The number of nitrogens with zero attached hydrogens (tertiary/aromatic N) is 5. The summed E-state index contributed by atoms with van der Waals surface area (Å²) in [5.74, 6) is 0.885. The van der Waals surface area contributed by atoms with Gasteiger partial charge in [-0.05, 0) is 63.0 Å². The molecule has 0 unspecified atom stereocenters. The Bertz CT molecular complexity index is 1140. The van der Waals surface area contributed by atoms with E-state index in [0.717, 1.165) is 41.4 Å². The number of fused-ring (bicyclic) bond motifs is 3. The highest BCUT2D eigenvalue weighted by Crippen LogP contribution is 2.38. The van der Waals surface area contributed by atoms with Gasteiger partial charge in [0.05, 0.1) is 29.2 Å². The van der Waals surface area contributed by atoms with Crippen molar-refractivity contribution in [1.29, 1.82) is 0 Å². The van der Waals surface area contributed by atoms with Gasteiger partial charge in [-0.3, -0.25) is 0 Å². The zero-order valence-electron chi connectivity index (χ0n) is 16.7. The number of aryl methyl sites for hydroxylation is 2. The Labute approximate surface area is 174 Å². The maximum atomic E-state index is 4.55. The van der Waals surface area contributed by atoms with Crippen LogP contribution in [0.1, 0.15) is 28.8 Å². The number of thiophene rings is 1. The average Bonchev–Trinajstić information content (AvgIpc) is 3.33. The van der Waals surface area contributed by atoms with Crippen LogP contribution >= 0.6 is 11.3 Å². The monoisotopic (exact) mass is 404 g/mol. The van der Waals surface area contributed by atoms with Gasteiger partial charge in [-0.25, -0.2) is 14.6 Å². The van der Waals surface area contributed by atoms with Crippen LogP contribution in [-0.2, 0) is 19.4 Å². The Hall–Kier alpha value is -2.77. The lowest BCUT2D eigenvalue weighted by Gasteiger charge is -2.12. The summed E-state index contributed by atoms with van der Waals surface area (Å²) in [5.41, 5.74) is 4.69. The zero-order chi connectivity index (χ0) is 19.8. The molecule has 0 fully saturated rings. The minimum Gasteiger partial charge on any atom is -0.337 e. The molecular formula is C22H24N6S. The molecule has 3 heterocycles. The van der Waals surface area contributed by atoms with Crippen LogP contribution in [0.4, 0.5) is 11.5 Å². The second kappa shape index (κ2) is 7.57. The van der Waals surface area contributed by atoms with E-state index >= 15 is 0 Å². The molecule has 0 aliphatic heterocycles. The predicted molar refractivity (Wildman–Crippen MR) is 118 cm³/mol. The SMILES string of the molecule is CN(C)Cc1ccc(-n2cc(Nc3ncnc4sc5c(c34)CCCC5)cn2)cc1. The van der Waals surface area contributed by atoms with Gasteiger partial charge in [0.15, 0.2) is 0 Å². The molecule has 0 radical (unpaired) electrons. The second-order valence-electron chi connectivity index (χ2n) is 7.82. The molecule has 0 bridgehead atoms. The highest BCUT2D eigenvalue weighted by Gasteiger charge is 2.20. The molecule has 0 atom stereocenters. The van der Waals surface area contributed by atoms with E-state index < -0.39 is 0 Å². The molecule has 1 aliphatic rings. The summed E-state index contributed by atoms with van der Waals surface area (Å²) in [6, 6.07) is 8.51. The first kappa shape index (κ1) is 18.3. The van der Waals surface area contributed by atoms with Crippen LogP contribution in [0, 0.1) is 0 Å². The maximum Gasteiger partial charge on any atom is 0.142 e. The summed E-state index contributed by atoms with van der Waals surface area (Å²) in [6.45, 7) is 0.931. The topological polar surface area (TPSA) is 58.9 Å². The van der Waals surface area contributed by atoms with Crippen LogP contribution in [0.2, 0.25) is 0 Å². The van der Waals surface area contributed by atoms with Gasteiger partial charge in [-0.15, -0.1) is 11.3 Å². The van der Waals surface area contributed by atoms with Crippen molar-refractivity contribution in [2.75, 3.05) is 19.4 Å². The number of hydrogen-bond acceptors (Lipinski definition) is 6. The third-order valence-corrected chi connectivity index (χ3v) is 6.50. The lowest BCUT2D eigenvalue weighted by molar-refractivity contribution is 0.402. The van der Waals surface area contributed by atoms with Gasteiger partial charge in [-0.1, -0.05) is 12.1 Å². The largest absolute Gasteiger partial charge is 0.337 e. The Morgan fingerprint density at radius 3 is 2.76 bits per heavy atom. The fraction of sp³-hybridized carbons (Fsp3) is 0.318. The third kappa shape index (κ3) is 3.63. The molecule has 1 aliphatic carbocycles. The molecule has 148 valence electrons. The van der Waals surface area contributed by atoms with E-state index in [0.29, 0.717) is 0 Å². The fourth-order valence-electron chi connectivity index (χ4n) is 3.97. The van der Waals surface area contributed by atoms with Crippen molar-refractivity contribution in [3.05, 3.63) is 59.0 Å². The van der Waals surface area contributed by atoms with Crippen molar-refractivity contribution in [2.45, 2.75) is 32.2 Å². The molecule has 6 nitrogen and oxygen atoms in total. The molecule has 1 aromatic carbocycles. The van der Waals surface area contributed by atoms with E-state index in [1.54, 1.807) is 6.33 Å². The van der Waals surface area contributed by atoms with Crippen molar-refractivity contribution in [2.24, 2.45) is 0 Å². The number of rotatable bonds is 5. The fourth-order valence-corrected chi connectivity index (χ4v) is 5.20. The summed E-state index contributed by atoms with van der Waals surface area (Å²) in [7, 11) is 4.15. The minimum absolute atomic E-state index is 0.885. The highest BCUT2D eigenvalue weighted by molar-refractivity contribution is 7.19. The predicted octanol–water partition coefficient (Wildman–Crippen LogP) is 4.56. The smallest absolute Gasteiger partial charge is 0.142 e. The van der Waals surface area contributed by atoms with Crippen molar-refractivity contribution in [3.63, 3.8) is 0 Å². The van der Waals surface area contributed by atoms with Crippen molar-refractivity contribution in [3.8, 4) is 5.69 Å². The van der Waals surface area contributed by atoms with E-state index in [-0.39, 0.29) is 0 Å². The normalized spacial score (nSPS) is 13.8. The summed E-state index contributed by atoms with van der Waals surface area (Å²) in [6.07, 6.45) is 10.3. The summed E-state index contributed by atoms with van der Waals surface area (Å²) < 4.78 is 1.89. The Morgan fingerprint density at radius 1 is 1.10 bits per heavy atom. The number of benzene rings is 1. The minimum atomic E-state index is 0.885. The Morgan fingerprint density at radius 2 is 1.93 bits per heavy atom. The van der Waals surface area contributed by atoms with Gasteiger partial charge < -0.3 is 10.2 Å². The zero-order valence-corrected chi connectivity index (χ0v) is 17.5. The third-order valence-electron chi connectivity index (χ3n) is 5.30. The quantitative estimate of drug-likeness (QED) is 0.528. The molecule has 0 saturated heterocycles. The molecule has 0 amide bonds. The molecule has 29 heavy (non-hydrogen) atoms. The van der Waals surface area contributed by atoms with Gasteiger partial charge in [0.2, 0.25) is 0 Å². The van der Waals surface area contributed by atoms with Gasteiger partial charge in [0.1, 0.15) is 17.0 Å². The number of aromatic nitrogens is 4. The molecule has 0 spiro atoms. The summed E-state index contributed by atoms with van der Waals surface area (Å²) in [4.78, 5) is 13.8. The molecule has 7 heteroatoms. The van der Waals surface area contributed by atoms with Crippen LogP contribution < -0.4 is 5.32 Å². The molecule has 3 aromatic heterocycles. The summed E-state index contributed by atoms with van der Waals surface area (Å²) in [5, 5.41) is 9.20. The molecule has 1 N–H and O–H groups in total. The first-order valence-corrected chi connectivity index (χ1v) is 10.8. The van der Waals surface area contributed by atoms with Crippen LogP contribution in [0.25, 0.3) is 15.9 Å². The van der Waals surface area contributed by atoms with Crippen molar-refractivity contribution in [1.82, 2.24) is 24.6 Å². The number of nitrogens with one attached hydrogen (secondary N) is 1. The van der Waals surface area contributed by atoms with Gasteiger partial charge in [0, 0.05) is 11.4 Å². The lowest BCUT2D eigenvalue weighted by atomic mass is 9.97. The van der Waals surface area contributed by atoms with Crippen LogP contribution in [0.5, 0.6) is 0 Å². The van der Waals surface area contributed by atoms with Crippen LogP contribution in [-0.4, -0.2) is 38.7 Å². The van der Waals surface area contributed by atoms with E-state index in [1.807, 2.05) is 28.4 Å². The first-order valence-electron chi connectivity index (χ1n) is 9.98. The second-order valence-corrected chi connectivity index (χ2v) is 8.90. The van der Waals surface area contributed by atoms with E-state index in [1.165, 1.54) is 34.2 Å². The van der Waals surface area contributed by atoms with Gasteiger partial charge in [0.25, 0.3) is 0 Å². The standard InChI is InChI=1S/C22H24N6S/c1-27(2)12-15-7-9-17(10-8-15)28-13-16(11-25-28)26-21-20-18-5-3-4-6-19(18)29-22(20)24-14-23-21/h7-11,13-14H,3-6,12H2,1-2H3,(H,23,24,26). The highest BCUT2D eigenvalue weighted by atomic mass is 32.1. The van der Waals surface area contributed by atoms with Crippen LogP contribution in [0.15, 0.2) is 43.0 Å². The van der Waals surface area contributed by atoms with Crippen LogP contribution in [0.3, 0.4) is 0 Å².